The van der Waals surface area contributed by atoms with Crippen LogP contribution in [0.15, 0.2) is 30.3 Å². The van der Waals surface area contributed by atoms with Gasteiger partial charge in [-0.15, -0.1) is 0 Å². The Kier molecular flexibility index (Phi) is 6.89. The lowest BCUT2D eigenvalue weighted by atomic mass is 9.43. The fraction of sp³-hybridized carbons (Fsp3) is 0.724. The first-order chi connectivity index (χ1) is 17.3. The van der Waals surface area contributed by atoms with Gasteiger partial charge in [-0.25, -0.2) is 4.79 Å². The molecule has 1 aromatic rings. The Morgan fingerprint density at radius 2 is 1.81 bits per heavy atom. The second kappa shape index (κ2) is 9.60. The number of benzene rings is 1. The standard InChI is InChI=1S/C29H43BN2O5/c1-27(2,3)35-26(34)31-21(14-18-10-8-7-9-11-18)25(33)32-24(15-19-12-13-19)30-36-23-17-20-16-22(28(20,4)5)29(23,6)37-30/h7-11,19-24H,12-17H2,1-6H3,(H,31,34)(H,32,33)/t20-,21-,22-,23+,24-,29-/m0/s1. The summed E-state index contributed by atoms with van der Waals surface area (Å²) in [5.74, 6) is 1.21. The van der Waals surface area contributed by atoms with Gasteiger partial charge in [0.15, 0.2) is 0 Å². The fourth-order valence-electron chi connectivity index (χ4n) is 6.81. The third-order valence-corrected chi connectivity index (χ3v) is 9.20. The number of rotatable bonds is 8. The molecule has 0 radical (unpaired) electrons. The van der Waals surface area contributed by atoms with E-state index in [-0.39, 0.29) is 29.0 Å². The fourth-order valence-corrected chi connectivity index (χ4v) is 6.81. The van der Waals surface area contributed by atoms with E-state index in [0.717, 1.165) is 18.4 Å². The van der Waals surface area contributed by atoms with Gasteiger partial charge in [-0.2, -0.15) is 0 Å². The van der Waals surface area contributed by atoms with Crippen LogP contribution in [0.2, 0.25) is 0 Å². The van der Waals surface area contributed by atoms with E-state index in [1.807, 2.05) is 51.1 Å². The van der Waals surface area contributed by atoms with Gasteiger partial charge in [-0.05, 0) is 75.7 Å². The first-order valence-electron chi connectivity index (χ1n) is 14.0. The molecule has 0 aromatic heterocycles. The summed E-state index contributed by atoms with van der Waals surface area (Å²) in [7, 11) is -0.478. The maximum atomic E-state index is 13.7. The van der Waals surface area contributed by atoms with Crippen molar-refractivity contribution >= 4 is 19.1 Å². The molecule has 37 heavy (non-hydrogen) atoms. The van der Waals surface area contributed by atoms with Crippen molar-refractivity contribution in [3.63, 3.8) is 0 Å². The Hall–Kier alpha value is -2.06. The Labute approximate surface area is 221 Å². The molecule has 1 aliphatic heterocycles. The molecule has 1 aromatic carbocycles. The number of carbonyl (C=O) groups is 2. The summed E-state index contributed by atoms with van der Waals surface area (Å²) in [6.45, 7) is 12.3. The molecular weight excluding hydrogens is 467 g/mol. The van der Waals surface area contributed by atoms with Crippen LogP contribution in [-0.2, 0) is 25.3 Å². The third kappa shape index (κ3) is 5.56. The Morgan fingerprint density at radius 3 is 2.43 bits per heavy atom. The van der Waals surface area contributed by atoms with Gasteiger partial charge in [0, 0.05) is 6.42 Å². The lowest BCUT2D eigenvalue weighted by Crippen LogP contribution is -2.65. The van der Waals surface area contributed by atoms with Crippen molar-refractivity contribution in [3.05, 3.63) is 35.9 Å². The normalized spacial score (nSPS) is 31.5. The van der Waals surface area contributed by atoms with Crippen LogP contribution in [0.3, 0.4) is 0 Å². The maximum Gasteiger partial charge on any atom is 0.481 e. The second-order valence-electron chi connectivity index (χ2n) is 13.5. The predicted molar refractivity (Wildman–Crippen MR) is 143 cm³/mol. The van der Waals surface area contributed by atoms with E-state index < -0.39 is 24.9 Å². The number of alkyl carbamates (subject to hydrolysis) is 1. The van der Waals surface area contributed by atoms with Crippen molar-refractivity contribution in [2.24, 2.45) is 23.2 Å². The van der Waals surface area contributed by atoms with Crippen molar-refractivity contribution in [1.82, 2.24) is 10.6 Å². The van der Waals surface area contributed by atoms with Crippen LogP contribution in [0.1, 0.15) is 79.2 Å². The summed E-state index contributed by atoms with van der Waals surface area (Å²) in [5.41, 5.74) is 0.245. The van der Waals surface area contributed by atoms with E-state index in [0.29, 0.717) is 24.2 Å². The summed E-state index contributed by atoms with van der Waals surface area (Å²) >= 11 is 0. The smallest absolute Gasteiger partial charge is 0.444 e. The van der Waals surface area contributed by atoms with Gasteiger partial charge in [0.2, 0.25) is 5.91 Å². The van der Waals surface area contributed by atoms with E-state index in [1.165, 1.54) is 19.3 Å². The number of amides is 2. The molecule has 8 heteroatoms. The molecule has 2 bridgehead atoms. The Bertz CT molecular complexity index is 1010. The van der Waals surface area contributed by atoms with E-state index in [4.69, 9.17) is 14.0 Å². The number of hydrogen-bond acceptors (Lipinski definition) is 5. The molecule has 1 saturated heterocycles. The van der Waals surface area contributed by atoms with Gasteiger partial charge in [0.05, 0.1) is 17.6 Å². The maximum absolute atomic E-state index is 13.7. The van der Waals surface area contributed by atoms with E-state index in [2.05, 4.69) is 31.4 Å². The molecule has 5 fully saturated rings. The molecule has 202 valence electrons. The van der Waals surface area contributed by atoms with E-state index in [9.17, 15) is 9.59 Å². The van der Waals surface area contributed by atoms with E-state index >= 15 is 0 Å². The van der Waals surface area contributed by atoms with Crippen molar-refractivity contribution in [2.45, 2.75) is 109 Å². The lowest BCUT2D eigenvalue weighted by Gasteiger charge is -2.64. The van der Waals surface area contributed by atoms with Crippen molar-refractivity contribution in [2.75, 3.05) is 0 Å². The molecular formula is C29H43BN2O5. The molecule has 0 spiro atoms. The molecule has 4 aliphatic carbocycles. The lowest BCUT2D eigenvalue weighted by molar-refractivity contribution is -0.199. The largest absolute Gasteiger partial charge is 0.481 e. The average molecular weight is 510 g/mol. The third-order valence-electron chi connectivity index (χ3n) is 9.20. The van der Waals surface area contributed by atoms with Crippen molar-refractivity contribution in [3.8, 4) is 0 Å². The minimum Gasteiger partial charge on any atom is -0.444 e. The first kappa shape index (κ1) is 26.5. The highest BCUT2D eigenvalue weighted by Crippen LogP contribution is 2.65. The zero-order valence-electron chi connectivity index (χ0n) is 23.2. The van der Waals surface area contributed by atoms with Crippen LogP contribution in [0.25, 0.3) is 0 Å². The summed E-state index contributed by atoms with van der Waals surface area (Å²) in [6, 6.07) is 8.95. The van der Waals surface area contributed by atoms with Gasteiger partial charge in [-0.1, -0.05) is 57.0 Å². The predicted octanol–water partition coefficient (Wildman–Crippen LogP) is 4.67. The van der Waals surface area contributed by atoms with Crippen LogP contribution in [0, 0.1) is 23.2 Å². The van der Waals surface area contributed by atoms with Crippen molar-refractivity contribution in [1.29, 1.82) is 0 Å². The summed E-state index contributed by atoms with van der Waals surface area (Å²) < 4.78 is 18.7. The quantitative estimate of drug-likeness (QED) is 0.497. The monoisotopic (exact) mass is 510 g/mol. The van der Waals surface area contributed by atoms with Crippen LogP contribution in [0.4, 0.5) is 4.79 Å². The Morgan fingerprint density at radius 1 is 1.11 bits per heavy atom. The zero-order chi connectivity index (χ0) is 26.6. The summed E-state index contributed by atoms with van der Waals surface area (Å²) in [6.07, 6.45) is 5.19. The number of carbonyl (C=O) groups excluding carboxylic acids is 2. The van der Waals surface area contributed by atoms with Gasteiger partial charge < -0.3 is 24.7 Å². The molecule has 6 rings (SSSR count). The number of ether oxygens (including phenoxy) is 1. The molecule has 2 amide bonds. The highest BCUT2D eigenvalue weighted by Gasteiger charge is 2.68. The zero-order valence-corrected chi connectivity index (χ0v) is 23.2. The van der Waals surface area contributed by atoms with Crippen molar-refractivity contribution < 1.29 is 23.6 Å². The topological polar surface area (TPSA) is 85.9 Å². The molecule has 5 aliphatic rings. The van der Waals surface area contributed by atoms with Crippen LogP contribution in [0.5, 0.6) is 0 Å². The molecule has 4 saturated carbocycles. The number of nitrogens with one attached hydrogen (secondary N) is 2. The SMILES string of the molecule is CC(C)(C)OC(=O)N[C@@H](Cc1ccccc1)C(=O)N[C@@H](CC1CC1)B1O[C@@H]2C[C@@H]3C[C@@H](C3(C)C)[C@]2(C)O1. The second-order valence-corrected chi connectivity index (χ2v) is 13.5. The average Bonchev–Trinajstić information content (AvgIpc) is 3.54. The summed E-state index contributed by atoms with van der Waals surface area (Å²) in [4.78, 5) is 26.3. The Balaban J connectivity index is 1.31. The van der Waals surface area contributed by atoms with Gasteiger partial charge in [0.25, 0.3) is 0 Å². The van der Waals surface area contributed by atoms with E-state index in [1.54, 1.807) is 0 Å². The number of hydrogen-bond donors (Lipinski definition) is 2. The molecule has 7 nitrogen and oxygen atoms in total. The highest BCUT2D eigenvalue weighted by molar-refractivity contribution is 6.48. The highest BCUT2D eigenvalue weighted by atomic mass is 16.7. The minimum absolute atomic E-state index is 0.0629. The first-order valence-corrected chi connectivity index (χ1v) is 14.0. The molecule has 0 unspecified atom stereocenters. The molecule has 1 heterocycles. The van der Waals surface area contributed by atoms with Gasteiger partial charge in [-0.3, -0.25) is 4.79 Å². The van der Waals surface area contributed by atoms with Crippen LogP contribution < -0.4 is 10.6 Å². The molecule has 2 N–H and O–H groups in total. The summed E-state index contributed by atoms with van der Waals surface area (Å²) in [5, 5.41) is 6.05. The van der Waals surface area contributed by atoms with Gasteiger partial charge in [0.1, 0.15) is 11.6 Å². The van der Waals surface area contributed by atoms with Crippen LogP contribution >= 0.6 is 0 Å². The van der Waals surface area contributed by atoms with Crippen LogP contribution in [-0.4, -0.2) is 48.4 Å². The molecule has 6 atom stereocenters. The minimum atomic E-state index is -0.773. The van der Waals surface area contributed by atoms with Gasteiger partial charge >= 0.3 is 13.2 Å².